The molecule has 0 aliphatic carbocycles. The highest BCUT2D eigenvalue weighted by molar-refractivity contribution is 5.97. The van der Waals surface area contributed by atoms with E-state index in [2.05, 4.69) is 4.98 Å². The fraction of sp³-hybridized carbons (Fsp3) is 0.200. The molecule has 1 aliphatic heterocycles. The van der Waals surface area contributed by atoms with Crippen LogP contribution in [0.5, 0.6) is 11.5 Å². The van der Waals surface area contributed by atoms with E-state index in [0.717, 1.165) is 22.2 Å². The molecule has 4 rings (SSSR count). The third-order valence-corrected chi connectivity index (χ3v) is 4.68. The number of nitrogens with zero attached hydrogens (tertiary/aromatic N) is 2. The summed E-state index contributed by atoms with van der Waals surface area (Å²) >= 11 is 0. The number of aromatic nitrogens is 1. The summed E-state index contributed by atoms with van der Waals surface area (Å²) in [6, 6.07) is 14.2. The summed E-state index contributed by atoms with van der Waals surface area (Å²) < 4.78 is 6.07. The summed E-state index contributed by atoms with van der Waals surface area (Å²) in [6.45, 7) is 3.80. The zero-order chi connectivity index (χ0) is 17.6. The number of carbonyl (C=O) groups is 1. The number of ether oxygens (including phenoxy) is 1. The van der Waals surface area contributed by atoms with Crippen molar-refractivity contribution in [3.63, 3.8) is 0 Å². The van der Waals surface area contributed by atoms with Gasteiger partial charge in [-0.3, -0.25) is 14.7 Å². The number of pyridine rings is 1. The Morgan fingerprint density at radius 3 is 2.72 bits per heavy atom. The normalized spacial score (nSPS) is 19.4. The van der Waals surface area contributed by atoms with Crippen LogP contribution in [-0.4, -0.2) is 27.1 Å². The lowest BCUT2D eigenvalue weighted by Crippen LogP contribution is -2.46. The number of amides is 1. The lowest BCUT2D eigenvalue weighted by molar-refractivity contribution is -0.000923. The Morgan fingerprint density at radius 2 is 1.92 bits per heavy atom. The summed E-state index contributed by atoms with van der Waals surface area (Å²) in [7, 11) is 0. The van der Waals surface area contributed by atoms with Crippen molar-refractivity contribution >= 4 is 16.8 Å². The van der Waals surface area contributed by atoms with Crippen LogP contribution in [0.25, 0.3) is 10.9 Å². The number of aromatic hydroxyl groups is 1. The molecule has 1 N–H and O–H groups in total. The van der Waals surface area contributed by atoms with E-state index < -0.39 is 6.23 Å². The molecule has 2 aromatic carbocycles. The van der Waals surface area contributed by atoms with E-state index >= 15 is 0 Å². The molecule has 126 valence electrons. The molecule has 0 bridgehead atoms. The Labute approximate surface area is 145 Å². The molecule has 0 saturated carbocycles. The van der Waals surface area contributed by atoms with Crippen LogP contribution in [0, 0.1) is 0 Å². The van der Waals surface area contributed by atoms with Crippen LogP contribution in [0.3, 0.4) is 0 Å². The highest BCUT2D eigenvalue weighted by Gasteiger charge is 2.36. The molecule has 0 spiro atoms. The number of benzene rings is 2. The van der Waals surface area contributed by atoms with Crippen LogP contribution < -0.4 is 4.74 Å². The van der Waals surface area contributed by atoms with Crippen molar-refractivity contribution < 1.29 is 14.6 Å². The molecular weight excluding hydrogens is 316 g/mol. The van der Waals surface area contributed by atoms with Gasteiger partial charge in [-0.2, -0.15) is 0 Å². The summed E-state index contributed by atoms with van der Waals surface area (Å²) in [5, 5.41) is 11.0. The first-order chi connectivity index (χ1) is 12.1. The van der Waals surface area contributed by atoms with E-state index in [0.29, 0.717) is 0 Å². The van der Waals surface area contributed by atoms with E-state index in [9.17, 15) is 9.90 Å². The van der Waals surface area contributed by atoms with Gasteiger partial charge in [-0.1, -0.05) is 30.3 Å². The number of hydrogen-bond donors (Lipinski definition) is 1. The predicted octanol–water partition coefficient (Wildman–Crippen LogP) is 3.88. The van der Waals surface area contributed by atoms with Gasteiger partial charge in [0.05, 0.1) is 11.6 Å². The lowest BCUT2D eigenvalue weighted by Gasteiger charge is -2.40. The molecule has 2 unspecified atom stereocenters. The second kappa shape index (κ2) is 5.77. The molecule has 1 amide bonds. The van der Waals surface area contributed by atoms with E-state index in [1.807, 2.05) is 38.1 Å². The highest BCUT2D eigenvalue weighted by Crippen LogP contribution is 2.41. The quantitative estimate of drug-likeness (QED) is 0.733. The minimum Gasteiger partial charge on any atom is -0.507 e. The third kappa shape index (κ3) is 2.39. The van der Waals surface area contributed by atoms with Gasteiger partial charge in [0, 0.05) is 17.1 Å². The van der Waals surface area contributed by atoms with Gasteiger partial charge >= 0.3 is 0 Å². The maximum Gasteiger partial charge on any atom is 0.260 e. The highest BCUT2D eigenvalue weighted by atomic mass is 16.5. The van der Waals surface area contributed by atoms with Crippen molar-refractivity contribution in [2.75, 3.05) is 0 Å². The Bertz CT molecular complexity index is 970. The van der Waals surface area contributed by atoms with Crippen molar-refractivity contribution in [3.05, 3.63) is 65.9 Å². The van der Waals surface area contributed by atoms with Crippen molar-refractivity contribution in [3.8, 4) is 11.5 Å². The third-order valence-electron chi connectivity index (χ3n) is 4.68. The molecule has 2 heterocycles. The van der Waals surface area contributed by atoms with Gasteiger partial charge in [0.1, 0.15) is 11.3 Å². The standard InChI is InChI=1S/C20H18N2O3/c1-12-15-10-9-14-6-5-11-21-18(14)19(15)25-13(2)22(12)20(24)16-7-3-4-8-17(16)23/h3-13,23H,1-2H3. The molecule has 2 atom stereocenters. The molecule has 1 aromatic heterocycles. The van der Waals surface area contributed by atoms with Crippen molar-refractivity contribution in [1.82, 2.24) is 9.88 Å². The molecule has 0 saturated heterocycles. The van der Waals surface area contributed by atoms with Gasteiger partial charge in [-0.25, -0.2) is 0 Å². The fourth-order valence-electron chi connectivity index (χ4n) is 3.41. The zero-order valence-corrected chi connectivity index (χ0v) is 14.0. The van der Waals surface area contributed by atoms with E-state index in [1.165, 1.54) is 6.07 Å². The first-order valence-electron chi connectivity index (χ1n) is 8.23. The van der Waals surface area contributed by atoms with Crippen LogP contribution in [0.1, 0.15) is 35.8 Å². The molecule has 25 heavy (non-hydrogen) atoms. The predicted molar refractivity (Wildman–Crippen MR) is 94.5 cm³/mol. The first kappa shape index (κ1) is 15.4. The number of rotatable bonds is 1. The lowest BCUT2D eigenvalue weighted by atomic mass is 9.99. The van der Waals surface area contributed by atoms with Crippen LogP contribution >= 0.6 is 0 Å². The summed E-state index contributed by atoms with van der Waals surface area (Å²) in [6.07, 6.45) is 1.27. The van der Waals surface area contributed by atoms with Gasteiger partial charge < -0.3 is 9.84 Å². The minimum absolute atomic E-state index is 0.0297. The molecule has 5 heteroatoms. The average Bonchev–Trinajstić information content (AvgIpc) is 2.62. The van der Waals surface area contributed by atoms with E-state index in [1.54, 1.807) is 29.3 Å². The van der Waals surface area contributed by atoms with Crippen molar-refractivity contribution in [1.29, 1.82) is 0 Å². The summed E-state index contributed by atoms with van der Waals surface area (Å²) in [5.74, 6) is 0.433. The van der Waals surface area contributed by atoms with Gasteiger partial charge in [0.15, 0.2) is 12.0 Å². The minimum atomic E-state index is -0.470. The monoisotopic (exact) mass is 334 g/mol. The number of phenols is 1. The van der Waals surface area contributed by atoms with Gasteiger partial charge in [-0.15, -0.1) is 0 Å². The average molecular weight is 334 g/mol. The summed E-state index contributed by atoms with van der Waals surface area (Å²) in [4.78, 5) is 19.1. The Morgan fingerprint density at radius 1 is 1.12 bits per heavy atom. The van der Waals surface area contributed by atoms with Crippen molar-refractivity contribution in [2.45, 2.75) is 26.1 Å². The Balaban J connectivity index is 1.80. The SMILES string of the molecule is CC1Oc2c(ccc3cccnc23)C(C)N1C(=O)c1ccccc1O. The van der Waals surface area contributed by atoms with E-state index in [-0.39, 0.29) is 23.3 Å². The van der Waals surface area contributed by atoms with E-state index in [4.69, 9.17) is 4.74 Å². The second-order valence-corrected chi connectivity index (χ2v) is 6.18. The van der Waals surface area contributed by atoms with Crippen molar-refractivity contribution in [2.24, 2.45) is 0 Å². The molecule has 0 radical (unpaired) electrons. The number of hydrogen-bond acceptors (Lipinski definition) is 4. The smallest absolute Gasteiger partial charge is 0.260 e. The zero-order valence-electron chi connectivity index (χ0n) is 14.0. The van der Waals surface area contributed by atoms with Gasteiger partial charge in [0.2, 0.25) is 0 Å². The topological polar surface area (TPSA) is 62.7 Å². The summed E-state index contributed by atoms with van der Waals surface area (Å²) in [5.41, 5.74) is 1.98. The molecule has 0 fully saturated rings. The maximum atomic E-state index is 13.0. The number of para-hydroxylation sites is 1. The molecule has 1 aliphatic rings. The van der Waals surface area contributed by atoms with Crippen LogP contribution in [0.15, 0.2) is 54.7 Å². The van der Waals surface area contributed by atoms with Crippen LogP contribution in [0.4, 0.5) is 0 Å². The maximum absolute atomic E-state index is 13.0. The molecule has 3 aromatic rings. The van der Waals surface area contributed by atoms with Gasteiger partial charge in [-0.05, 0) is 32.0 Å². The molecular formula is C20H18N2O3. The first-order valence-corrected chi connectivity index (χ1v) is 8.23. The van der Waals surface area contributed by atoms with Gasteiger partial charge in [0.25, 0.3) is 5.91 Å². The van der Waals surface area contributed by atoms with Crippen LogP contribution in [-0.2, 0) is 0 Å². The number of fused-ring (bicyclic) bond motifs is 3. The fourth-order valence-corrected chi connectivity index (χ4v) is 3.41. The largest absolute Gasteiger partial charge is 0.507 e. The second-order valence-electron chi connectivity index (χ2n) is 6.18. The van der Waals surface area contributed by atoms with Crippen LogP contribution in [0.2, 0.25) is 0 Å². The molecule has 5 nitrogen and oxygen atoms in total. The number of carbonyl (C=O) groups excluding carboxylic acids is 1. The Kier molecular flexibility index (Phi) is 3.57. The Hall–Kier alpha value is -3.08. The number of phenolic OH excluding ortho intramolecular Hbond substituents is 1.